The fraction of sp³-hybridized carbons (Fsp3) is 0.567. The minimum Gasteiger partial charge on any atom is -0.465 e. The highest BCUT2D eigenvalue weighted by molar-refractivity contribution is 9.10. The number of aryl methyl sites for hydroxylation is 1. The van der Waals surface area contributed by atoms with E-state index in [1.165, 1.54) is 16.7 Å². The van der Waals surface area contributed by atoms with Gasteiger partial charge in [-0.2, -0.15) is 0 Å². The van der Waals surface area contributed by atoms with Crippen LogP contribution in [0.15, 0.2) is 33.0 Å². The maximum Gasteiger partial charge on any atom is 0.408 e. The highest BCUT2D eigenvalue weighted by Crippen LogP contribution is 2.42. The minimum absolute atomic E-state index is 0.101. The maximum atomic E-state index is 13.7. The van der Waals surface area contributed by atoms with Crippen molar-refractivity contribution in [3.63, 3.8) is 0 Å². The Morgan fingerprint density at radius 1 is 1.23 bits per heavy atom. The van der Waals surface area contributed by atoms with Gasteiger partial charge >= 0.3 is 6.09 Å². The van der Waals surface area contributed by atoms with Gasteiger partial charge in [0.15, 0.2) is 27.8 Å². The average Bonchev–Trinajstić information content (AvgIpc) is 3.58. The highest BCUT2D eigenvalue weighted by Gasteiger charge is 2.40. The van der Waals surface area contributed by atoms with Crippen LogP contribution in [0.4, 0.5) is 4.79 Å². The molecule has 0 bridgehead atoms. The number of aromatic nitrogens is 4. The second kappa shape index (κ2) is 13.0. The Bertz CT molecular complexity index is 1590. The van der Waals surface area contributed by atoms with E-state index in [0.717, 1.165) is 28.6 Å². The summed E-state index contributed by atoms with van der Waals surface area (Å²) >= 11 is 5.03. The first-order valence-corrected chi connectivity index (χ1v) is 16.5. The van der Waals surface area contributed by atoms with E-state index in [-0.39, 0.29) is 24.1 Å². The van der Waals surface area contributed by atoms with E-state index >= 15 is 0 Å². The molecule has 2 aromatic heterocycles. The van der Waals surface area contributed by atoms with Crippen LogP contribution in [0.25, 0.3) is 11.2 Å². The van der Waals surface area contributed by atoms with E-state index in [1.54, 1.807) is 6.33 Å². The Morgan fingerprint density at radius 2 is 1.91 bits per heavy atom. The van der Waals surface area contributed by atoms with Gasteiger partial charge in [0.2, 0.25) is 12.7 Å². The predicted molar refractivity (Wildman–Crippen MR) is 169 cm³/mol. The molecule has 5 rings (SSSR count). The van der Waals surface area contributed by atoms with Crippen molar-refractivity contribution in [1.29, 1.82) is 5.41 Å². The maximum absolute atomic E-state index is 13.7. The molecule has 3 N–H and O–H groups in total. The van der Waals surface area contributed by atoms with Gasteiger partial charge in [-0.05, 0) is 86.4 Å². The van der Waals surface area contributed by atoms with Gasteiger partial charge in [-0.1, -0.05) is 25.6 Å². The first kappa shape index (κ1) is 32.1. The third-order valence-electron chi connectivity index (χ3n) is 8.06. The van der Waals surface area contributed by atoms with E-state index in [9.17, 15) is 14.7 Å². The molecule has 3 aromatic rings. The van der Waals surface area contributed by atoms with Crippen molar-refractivity contribution in [3.8, 4) is 11.5 Å². The lowest BCUT2D eigenvalue weighted by molar-refractivity contribution is -0.140. The molecule has 44 heavy (non-hydrogen) atoms. The lowest BCUT2D eigenvalue weighted by atomic mass is 9.91. The van der Waals surface area contributed by atoms with Crippen LogP contribution in [0.1, 0.15) is 60.3 Å². The van der Waals surface area contributed by atoms with Crippen molar-refractivity contribution in [2.24, 2.45) is 11.8 Å². The fourth-order valence-corrected chi connectivity index (χ4v) is 7.26. The third-order valence-corrected chi connectivity index (χ3v) is 9.92. The number of hydrogen-bond acceptors (Lipinski definition) is 8. The summed E-state index contributed by atoms with van der Waals surface area (Å²) in [7, 11) is 0. The van der Waals surface area contributed by atoms with Gasteiger partial charge in [0.1, 0.15) is 11.6 Å². The number of ether oxygens (including phenoxy) is 2. The van der Waals surface area contributed by atoms with Crippen molar-refractivity contribution in [3.05, 3.63) is 28.4 Å². The molecule has 0 radical (unpaired) electrons. The molecule has 1 aromatic carbocycles. The molecule has 0 spiro atoms. The zero-order valence-corrected chi connectivity index (χ0v) is 28.1. The summed E-state index contributed by atoms with van der Waals surface area (Å²) in [5.74, 6) is 1.86. The first-order chi connectivity index (χ1) is 20.8. The molecular formula is C30H40BrN7O5S. The lowest BCUT2D eigenvalue weighted by Crippen LogP contribution is -2.58. The van der Waals surface area contributed by atoms with E-state index < -0.39 is 17.7 Å². The molecule has 2 amide bonds. The number of hydrogen-bond donors (Lipinski definition) is 3. The largest absolute Gasteiger partial charge is 0.465 e. The third kappa shape index (κ3) is 7.01. The summed E-state index contributed by atoms with van der Waals surface area (Å²) in [6.45, 7) is 11.6. The van der Waals surface area contributed by atoms with Crippen LogP contribution in [0, 0.1) is 17.2 Å². The van der Waals surface area contributed by atoms with Crippen molar-refractivity contribution in [1.82, 2.24) is 29.3 Å². The number of benzene rings is 1. The number of nitrogens with zero attached hydrogens (tertiary/aromatic N) is 5. The quantitative estimate of drug-likeness (QED) is 0.259. The van der Waals surface area contributed by atoms with Gasteiger partial charge in [-0.3, -0.25) is 15.1 Å². The summed E-state index contributed by atoms with van der Waals surface area (Å²) in [5, 5.41) is 19.0. The molecule has 2 aliphatic rings. The number of carboxylic acid groups (broad SMARTS) is 1. The van der Waals surface area contributed by atoms with Crippen LogP contribution < -0.4 is 15.0 Å². The highest BCUT2D eigenvalue weighted by atomic mass is 79.9. The van der Waals surface area contributed by atoms with Crippen LogP contribution in [0.3, 0.4) is 0 Å². The van der Waals surface area contributed by atoms with Gasteiger partial charge in [-0.15, -0.1) is 0 Å². The average molecular weight is 691 g/mol. The molecule has 238 valence electrons. The van der Waals surface area contributed by atoms with Gasteiger partial charge in [0.25, 0.3) is 0 Å². The van der Waals surface area contributed by atoms with Crippen molar-refractivity contribution < 1.29 is 24.2 Å². The number of H-pyrrole nitrogens is 1. The predicted octanol–water partition coefficient (Wildman–Crippen LogP) is 5.70. The van der Waals surface area contributed by atoms with Crippen LogP contribution in [0.2, 0.25) is 0 Å². The second-order valence-electron chi connectivity index (χ2n) is 12.8. The number of aromatic amines is 1. The number of carbonyl (C=O) groups excluding carboxylic acids is 1. The number of nitrogens with one attached hydrogen (secondary N) is 2. The molecule has 4 heterocycles. The van der Waals surface area contributed by atoms with Crippen LogP contribution >= 0.6 is 27.7 Å². The number of amides is 2. The molecule has 1 saturated heterocycles. The van der Waals surface area contributed by atoms with Gasteiger partial charge in [0, 0.05) is 34.5 Å². The number of halogens is 1. The molecule has 0 aliphatic carbocycles. The van der Waals surface area contributed by atoms with Gasteiger partial charge in [0.05, 0.1) is 6.33 Å². The van der Waals surface area contributed by atoms with Crippen LogP contribution in [-0.2, 0) is 11.3 Å². The summed E-state index contributed by atoms with van der Waals surface area (Å²) in [6, 6.07) is 3.08. The fourth-order valence-electron chi connectivity index (χ4n) is 5.88. The van der Waals surface area contributed by atoms with E-state index in [2.05, 4.69) is 25.9 Å². The van der Waals surface area contributed by atoms with Crippen molar-refractivity contribution in [2.75, 3.05) is 19.9 Å². The smallest absolute Gasteiger partial charge is 0.408 e. The normalized spacial score (nSPS) is 16.1. The Labute approximate surface area is 269 Å². The van der Waals surface area contributed by atoms with Crippen LogP contribution in [0.5, 0.6) is 11.5 Å². The zero-order chi connectivity index (χ0) is 31.8. The zero-order valence-electron chi connectivity index (χ0n) is 25.7. The number of carbonyl (C=O) groups is 2. The molecule has 14 heteroatoms. The molecule has 0 saturated carbocycles. The molecule has 0 unspecified atom stereocenters. The van der Waals surface area contributed by atoms with Crippen LogP contribution in [-0.4, -0.2) is 77.9 Å². The topological polar surface area (TPSA) is 150 Å². The SMILES string of the molecule is CC(C)C[C@@H](C(=O)N1CCC(CCn2cnc(=N)c3[nH]c(Sc4cc5c(cc4Br)OCO5)nc32)CC1)N(C(=O)O)C(C)(C)C. The van der Waals surface area contributed by atoms with E-state index in [4.69, 9.17) is 19.9 Å². The molecule has 12 nitrogen and oxygen atoms in total. The number of imidazole rings is 1. The summed E-state index contributed by atoms with van der Waals surface area (Å²) in [6.07, 6.45) is 3.65. The van der Waals surface area contributed by atoms with Gasteiger partial charge in [-0.25, -0.2) is 14.8 Å². The molecule has 1 atom stereocenters. The van der Waals surface area contributed by atoms with Crippen molar-refractivity contribution in [2.45, 2.75) is 88.5 Å². The monoisotopic (exact) mass is 689 g/mol. The Balaban J connectivity index is 1.23. The standard InChI is InChI=1S/C30H40BrN7O5S/c1-17(2)12-20(38(29(40)41)30(3,4)5)27(39)36-9-6-18(7-10-36)8-11-37-15-33-25(32)24-26(37)35-28(34-24)44-23-14-22-21(13-19(23)31)42-16-43-22/h13-15,17-18,20,32H,6-12,16H2,1-5H3,(H,34,35)(H,40,41)/t20-/m0/s1. The van der Waals surface area contributed by atoms with E-state index in [1.807, 2.05) is 56.2 Å². The number of likely N-dealkylation sites (tertiary alicyclic amines) is 1. The Morgan fingerprint density at radius 3 is 2.55 bits per heavy atom. The number of fused-ring (bicyclic) bond motifs is 2. The molecule has 2 aliphatic heterocycles. The molecule has 1 fully saturated rings. The first-order valence-electron chi connectivity index (χ1n) is 14.9. The molecular weight excluding hydrogens is 650 g/mol. The number of rotatable bonds is 9. The van der Waals surface area contributed by atoms with Crippen molar-refractivity contribution >= 4 is 50.9 Å². The second-order valence-corrected chi connectivity index (χ2v) is 14.7. The summed E-state index contributed by atoms with van der Waals surface area (Å²) < 4.78 is 13.8. The number of piperidine rings is 1. The van der Waals surface area contributed by atoms with E-state index in [0.29, 0.717) is 59.8 Å². The lowest BCUT2D eigenvalue weighted by Gasteiger charge is -2.42. The Hall–Kier alpha value is -3.26. The van der Waals surface area contributed by atoms with Gasteiger partial charge < -0.3 is 29.0 Å². The minimum atomic E-state index is -1.06. The summed E-state index contributed by atoms with van der Waals surface area (Å²) in [5.41, 5.74) is 0.694. The summed E-state index contributed by atoms with van der Waals surface area (Å²) in [4.78, 5) is 42.3. The Kier molecular flexibility index (Phi) is 9.49.